The minimum absolute atomic E-state index is 0.0636. The Hall–Kier alpha value is -2.36. The normalized spacial score (nSPS) is 11.5. The molecule has 11 nitrogen and oxygen atoms in total. The van der Waals surface area contributed by atoms with Crippen molar-refractivity contribution in [1.82, 2.24) is 10.6 Å². The zero-order valence-corrected chi connectivity index (χ0v) is 14.4. The lowest BCUT2D eigenvalue weighted by molar-refractivity contribution is -0.138. The molecule has 0 spiro atoms. The molecule has 0 aromatic rings. The van der Waals surface area contributed by atoms with Crippen LogP contribution in [0.3, 0.4) is 0 Å². The average molecular weight is 359 g/mol. The number of azide groups is 1. The number of carbonyl (C=O) groups excluding carboxylic acids is 2. The van der Waals surface area contributed by atoms with Gasteiger partial charge in [0.15, 0.2) is 0 Å². The number of amides is 2. The van der Waals surface area contributed by atoms with E-state index in [0.29, 0.717) is 13.2 Å². The van der Waals surface area contributed by atoms with Crippen LogP contribution in [0.1, 0.15) is 20.3 Å². The van der Waals surface area contributed by atoms with E-state index in [1.54, 1.807) is 13.8 Å². The quantitative estimate of drug-likeness (QED) is 0.172. The lowest BCUT2D eigenvalue weighted by Gasteiger charge is -2.21. The third kappa shape index (κ3) is 12.7. The highest BCUT2D eigenvalue weighted by atomic mass is 16.5. The van der Waals surface area contributed by atoms with Crippen molar-refractivity contribution in [2.75, 3.05) is 39.5 Å². The Morgan fingerprint density at radius 2 is 1.80 bits per heavy atom. The third-order valence-electron chi connectivity index (χ3n) is 2.92. The highest BCUT2D eigenvalue weighted by Crippen LogP contribution is 2.02. The number of ether oxygens (including phenoxy) is 2. The van der Waals surface area contributed by atoms with Gasteiger partial charge in [-0.1, -0.05) is 19.0 Å². The van der Waals surface area contributed by atoms with Gasteiger partial charge in [0.25, 0.3) is 0 Å². The molecule has 142 valence electrons. The van der Waals surface area contributed by atoms with E-state index in [4.69, 9.17) is 20.1 Å². The highest BCUT2D eigenvalue weighted by molar-refractivity contribution is 5.89. The summed E-state index contributed by atoms with van der Waals surface area (Å²) >= 11 is 0. The molecule has 0 fully saturated rings. The molecule has 0 aliphatic heterocycles. The van der Waals surface area contributed by atoms with Crippen molar-refractivity contribution in [3.63, 3.8) is 0 Å². The van der Waals surface area contributed by atoms with Crippen LogP contribution < -0.4 is 10.6 Å². The fourth-order valence-corrected chi connectivity index (χ4v) is 1.69. The molecule has 0 rings (SSSR count). The van der Waals surface area contributed by atoms with Gasteiger partial charge in [-0.3, -0.25) is 14.4 Å². The Bertz CT molecular complexity index is 478. The topological polar surface area (TPSA) is 163 Å². The van der Waals surface area contributed by atoms with Crippen LogP contribution in [0.2, 0.25) is 0 Å². The van der Waals surface area contributed by atoms with E-state index in [0.717, 1.165) is 0 Å². The van der Waals surface area contributed by atoms with Crippen molar-refractivity contribution in [2.45, 2.75) is 26.3 Å². The Morgan fingerprint density at radius 3 is 2.36 bits per heavy atom. The van der Waals surface area contributed by atoms with Gasteiger partial charge in [-0.25, -0.2) is 0 Å². The number of carboxylic acids is 1. The molecule has 1 atom stereocenters. The van der Waals surface area contributed by atoms with Crippen molar-refractivity contribution in [1.29, 1.82) is 0 Å². The summed E-state index contributed by atoms with van der Waals surface area (Å²) in [6, 6.07) is -0.809. The fraction of sp³-hybridized carbons (Fsp3) is 0.786. The summed E-state index contributed by atoms with van der Waals surface area (Å²) in [4.78, 5) is 36.8. The van der Waals surface area contributed by atoms with E-state index in [-0.39, 0.29) is 38.0 Å². The number of hydrogen-bond acceptors (Lipinski definition) is 6. The molecule has 0 heterocycles. The van der Waals surface area contributed by atoms with E-state index in [2.05, 4.69) is 20.7 Å². The summed E-state index contributed by atoms with van der Waals surface area (Å²) in [6.45, 7) is 4.30. The predicted molar refractivity (Wildman–Crippen MR) is 87.7 cm³/mol. The SMILES string of the molecule is CC(C)C(NC(=O)CCOCCOCCN=[N+]=[N-])C(=O)NCC(=O)O. The lowest BCUT2D eigenvalue weighted by atomic mass is 10.0. The standard InChI is InChI=1S/C14H25N5O6/c1-10(2)13(14(23)16-9-12(21)22)18-11(20)3-5-24-7-8-25-6-4-17-19-15/h10,13H,3-9H2,1-2H3,(H,16,23)(H,18,20)(H,21,22). The van der Waals surface area contributed by atoms with Crippen molar-refractivity contribution < 1.29 is 29.0 Å². The van der Waals surface area contributed by atoms with E-state index in [9.17, 15) is 14.4 Å². The predicted octanol–water partition coefficient (Wildman–Crippen LogP) is 0.0616. The minimum Gasteiger partial charge on any atom is -0.480 e. The lowest BCUT2D eigenvalue weighted by Crippen LogP contribution is -2.50. The van der Waals surface area contributed by atoms with Gasteiger partial charge in [-0.2, -0.15) is 0 Å². The summed E-state index contributed by atoms with van der Waals surface area (Å²) in [5.41, 5.74) is 8.07. The maximum absolute atomic E-state index is 11.9. The van der Waals surface area contributed by atoms with Gasteiger partial charge in [0.05, 0.1) is 26.4 Å². The molecule has 0 radical (unpaired) electrons. The largest absolute Gasteiger partial charge is 0.480 e. The number of nitrogens with zero attached hydrogens (tertiary/aromatic N) is 3. The zero-order valence-electron chi connectivity index (χ0n) is 14.4. The van der Waals surface area contributed by atoms with Crippen molar-refractivity contribution >= 4 is 17.8 Å². The number of carboxylic acid groups (broad SMARTS) is 1. The van der Waals surface area contributed by atoms with Crippen LogP contribution in [0.5, 0.6) is 0 Å². The van der Waals surface area contributed by atoms with Crippen LogP contribution in [-0.2, 0) is 23.9 Å². The van der Waals surface area contributed by atoms with Crippen molar-refractivity contribution in [2.24, 2.45) is 11.0 Å². The maximum atomic E-state index is 11.9. The van der Waals surface area contributed by atoms with Gasteiger partial charge < -0.3 is 25.2 Å². The minimum atomic E-state index is -1.16. The molecule has 2 amide bonds. The van der Waals surface area contributed by atoms with Crippen LogP contribution in [0.25, 0.3) is 10.4 Å². The Morgan fingerprint density at radius 1 is 1.16 bits per heavy atom. The molecule has 25 heavy (non-hydrogen) atoms. The summed E-state index contributed by atoms with van der Waals surface area (Å²) < 4.78 is 10.3. The molecule has 0 aliphatic rings. The molecule has 1 unspecified atom stereocenters. The molecular weight excluding hydrogens is 334 g/mol. The van der Waals surface area contributed by atoms with Crippen LogP contribution in [0.4, 0.5) is 0 Å². The number of hydrogen-bond donors (Lipinski definition) is 3. The molecule has 3 N–H and O–H groups in total. The summed E-state index contributed by atoms with van der Waals surface area (Å²) in [5.74, 6) is -2.26. The molecule has 0 bridgehead atoms. The smallest absolute Gasteiger partial charge is 0.322 e. The summed E-state index contributed by atoms with van der Waals surface area (Å²) in [7, 11) is 0. The molecular formula is C14H25N5O6. The molecule has 0 saturated carbocycles. The first-order chi connectivity index (χ1) is 11.9. The molecule has 0 saturated heterocycles. The van der Waals surface area contributed by atoms with E-state index in [1.807, 2.05) is 0 Å². The Labute approximate surface area is 145 Å². The molecule has 11 heteroatoms. The second-order valence-electron chi connectivity index (χ2n) is 5.33. The van der Waals surface area contributed by atoms with Crippen LogP contribution >= 0.6 is 0 Å². The van der Waals surface area contributed by atoms with Crippen molar-refractivity contribution in [3.8, 4) is 0 Å². The van der Waals surface area contributed by atoms with Gasteiger partial charge in [0.2, 0.25) is 11.8 Å². The van der Waals surface area contributed by atoms with E-state index < -0.39 is 24.5 Å². The summed E-state index contributed by atoms with van der Waals surface area (Å²) in [6.07, 6.45) is 0.0636. The zero-order chi connectivity index (χ0) is 19.1. The first kappa shape index (κ1) is 22.6. The maximum Gasteiger partial charge on any atom is 0.322 e. The number of nitrogens with one attached hydrogen (secondary N) is 2. The van der Waals surface area contributed by atoms with Crippen LogP contribution in [0.15, 0.2) is 5.11 Å². The second-order valence-corrected chi connectivity index (χ2v) is 5.33. The second kappa shape index (κ2) is 14.0. The van der Waals surface area contributed by atoms with Gasteiger partial charge in [-0.15, -0.1) is 0 Å². The first-order valence-corrected chi connectivity index (χ1v) is 7.83. The van der Waals surface area contributed by atoms with Crippen molar-refractivity contribution in [3.05, 3.63) is 10.4 Å². The van der Waals surface area contributed by atoms with Gasteiger partial charge in [-0.05, 0) is 11.4 Å². The van der Waals surface area contributed by atoms with Gasteiger partial charge in [0, 0.05) is 17.9 Å². The van der Waals surface area contributed by atoms with Crippen LogP contribution in [-0.4, -0.2) is 68.4 Å². The van der Waals surface area contributed by atoms with E-state index >= 15 is 0 Å². The number of carbonyl (C=O) groups is 3. The Balaban J connectivity index is 3.94. The van der Waals surface area contributed by atoms with Crippen LogP contribution in [0, 0.1) is 5.92 Å². The number of aliphatic carboxylic acids is 1. The molecule has 0 aromatic carbocycles. The molecule has 0 aromatic heterocycles. The summed E-state index contributed by atoms with van der Waals surface area (Å²) in [5, 5.41) is 16.7. The van der Waals surface area contributed by atoms with Gasteiger partial charge >= 0.3 is 5.97 Å². The third-order valence-corrected chi connectivity index (χ3v) is 2.92. The fourth-order valence-electron chi connectivity index (χ4n) is 1.69. The highest BCUT2D eigenvalue weighted by Gasteiger charge is 2.24. The number of rotatable bonds is 14. The Kier molecular flexibility index (Phi) is 12.7. The first-order valence-electron chi connectivity index (χ1n) is 7.83. The molecule has 0 aliphatic carbocycles. The average Bonchev–Trinajstić information content (AvgIpc) is 2.55. The van der Waals surface area contributed by atoms with Gasteiger partial charge in [0.1, 0.15) is 12.6 Å². The van der Waals surface area contributed by atoms with E-state index in [1.165, 1.54) is 0 Å². The monoisotopic (exact) mass is 359 g/mol.